The zero-order valence-corrected chi connectivity index (χ0v) is 19.2. The van der Waals surface area contributed by atoms with E-state index in [4.69, 9.17) is 9.15 Å². The van der Waals surface area contributed by atoms with Crippen molar-refractivity contribution < 1.29 is 18.7 Å². The summed E-state index contributed by atoms with van der Waals surface area (Å²) in [6.45, 7) is 4.43. The van der Waals surface area contributed by atoms with Gasteiger partial charge in [0.15, 0.2) is 11.0 Å². The van der Waals surface area contributed by atoms with Crippen LogP contribution in [-0.2, 0) is 11.2 Å². The topological polar surface area (TPSA) is 97.6 Å². The standard InChI is InChI=1S/C23H26N4O4S/c1-14-20(32-23(25-14)26-15(2)28)22(29)27-10-6-8-17(13-27)21-24-12-18(31-21)11-16-7-4-5-9-19(16)30-3/h4-5,7,9,12,17H,6,8,10-11,13H2,1-3H3,(H,25,26,28)/t17-/m0/s1. The molecule has 3 aromatic rings. The molecule has 1 N–H and O–H groups in total. The Kier molecular flexibility index (Phi) is 6.55. The molecule has 8 nitrogen and oxygen atoms in total. The van der Waals surface area contributed by atoms with Crippen LogP contribution in [0.1, 0.15) is 58.3 Å². The number of oxazole rings is 1. The molecule has 1 fully saturated rings. The molecule has 1 saturated heterocycles. The first kappa shape index (κ1) is 22.0. The Morgan fingerprint density at radius 3 is 2.94 bits per heavy atom. The van der Waals surface area contributed by atoms with Gasteiger partial charge in [-0.2, -0.15) is 0 Å². The van der Waals surface area contributed by atoms with Crippen LogP contribution in [0.2, 0.25) is 0 Å². The first-order valence-electron chi connectivity index (χ1n) is 10.6. The number of benzene rings is 1. The number of carbonyl (C=O) groups excluding carboxylic acids is 2. The molecule has 9 heteroatoms. The predicted octanol–water partition coefficient (Wildman–Crippen LogP) is 4.02. The van der Waals surface area contributed by atoms with Gasteiger partial charge in [0.1, 0.15) is 16.4 Å². The van der Waals surface area contributed by atoms with E-state index in [0.29, 0.717) is 41.1 Å². The van der Waals surface area contributed by atoms with Crippen molar-refractivity contribution in [2.24, 2.45) is 0 Å². The second-order valence-corrected chi connectivity index (χ2v) is 8.86. The number of hydrogen-bond acceptors (Lipinski definition) is 7. The summed E-state index contributed by atoms with van der Waals surface area (Å²) < 4.78 is 11.5. The largest absolute Gasteiger partial charge is 0.496 e. The van der Waals surface area contributed by atoms with E-state index < -0.39 is 0 Å². The van der Waals surface area contributed by atoms with Crippen molar-refractivity contribution >= 4 is 28.3 Å². The van der Waals surface area contributed by atoms with Crippen LogP contribution in [0.5, 0.6) is 5.75 Å². The number of ether oxygens (including phenoxy) is 1. The lowest BCUT2D eigenvalue weighted by Crippen LogP contribution is -2.39. The van der Waals surface area contributed by atoms with Crippen LogP contribution >= 0.6 is 11.3 Å². The molecular formula is C23H26N4O4S. The summed E-state index contributed by atoms with van der Waals surface area (Å²) in [5.41, 5.74) is 1.66. The summed E-state index contributed by atoms with van der Waals surface area (Å²) in [5, 5.41) is 3.10. The molecule has 4 rings (SSSR count). The maximum atomic E-state index is 13.1. The number of nitrogens with one attached hydrogen (secondary N) is 1. The van der Waals surface area contributed by atoms with Crippen molar-refractivity contribution in [2.75, 3.05) is 25.5 Å². The minimum absolute atomic E-state index is 0.0437. The number of aryl methyl sites for hydroxylation is 1. The second kappa shape index (κ2) is 9.52. The molecule has 1 aromatic carbocycles. The molecule has 0 unspecified atom stereocenters. The Hall–Kier alpha value is -3.20. The Bertz CT molecular complexity index is 1120. The average molecular weight is 455 g/mol. The third-order valence-electron chi connectivity index (χ3n) is 5.46. The molecule has 32 heavy (non-hydrogen) atoms. The number of aromatic nitrogens is 2. The van der Waals surface area contributed by atoms with Gasteiger partial charge in [-0.3, -0.25) is 9.59 Å². The number of anilines is 1. The quantitative estimate of drug-likeness (QED) is 0.604. The zero-order valence-electron chi connectivity index (χ0n) is 18.4. The molecule has 0 saturated carbocycles. The van der Waals surface area contributed by atoms with Crippen LogP contribution in [0.15, 0.2) is 34.9 Å². The molecular weight excluding hydrogens is 428 g/mol. The van der Waals surface area contributed by atoms with E-state index in [1.54, 1.807) is 20.2 Å². The van der Waals surface area contributed by atoms with Crippen LogP contribution < -0.4 is 10.1 Å². The van der Waals surface area contributed by atoms with Gasteiger partial charge in [0, 0.05) is 32.0 Å². The highest BCUT2D eigenvalue weighted by atomic mass is 32.1. The number of para-hydroxylation sites is 1. The summed E-state index contributed by atoms with van der Waals surface area (Å²) in [7, 11) is 1.65. The SMILES string of the molecule is COc1ccccc1Cc1cnc([C@H]2CCCN(C(=O)c3sc(NC(C)=O)nc3C)C2)o1. The molecule has 2 amide bonds. The number of hydrogen-bond donors (Lipinski definition) is 1. The predicted molar refractivity (Wildman–Crippen MR) is 121 cm³/mol. The molecule has 1 aliphatic heterocycles. The fraction of sp³-hybridized carbons (Fsp3) is 0.391. The van der Waals surface area contributed by atoms with Crippen LogP contribution in [0.3, 0.4) is 0 Å². The van der Waals surface area contributed by atoms with Crippen LogP contribution in [0.25, 0.3) is 0 Å². The lowest BCUT2D eigenvalue weighted by atomic mass is 9.98. The van der Waals surface area contributed by atoms with Gasteiger partial charge in [-0.05, 0) is 25.8 Å². The summed E-state index contributed by atoms with van der Waals surface area (Å²) in [6, 6.07) is 7.84. The average Bonchev–Trinajstić information content (AvgIpc) is 3.39. The van der Waals surface area contributed by atoms with Gasteiger partial charge in [0.25, 0.3) is 5.91 Å². The molecule has 0 bridgehead atoms. The van der Waals surface area contributed by atoms with E-state index in [2.05, 4.69) is 15.3 Å². The third kappa shape index (κ3) is 4.83. The highest BCUT2D eigenvalue weighted by Gasteiger charge is 2.30. The molecule has 2 aromatic heterocycles. The van der Waals surface area contributed by atoms with Gasteiger partial charge < -0.3 is 19.4 Å². The van der Waals surface area contributed by atoms with Gasteiger partial charge in [0.2, 0.25) is 5.91 Å². The van der Waals surface area contributed by atoms with Crippen LogP contribution in [0.4, 0.5) is 5.13 Å². The lowest BCUT2D eigenvalue weighted by Gasteiger charge is -2.31. The number of methoxy groups -OCH3 is 1. The first-order valence-corrected chi connectivity index (χ1v) is 11.4. The minimum atomic E-state index is -0.205. The number of nitrogens with zero attached hydrogens (tertiary/aromatic N) is 3. The van der Waals surface area contributed by atoms with E-state index >= 15 is 0 Å². The molecule has 0 spiro atoms. The minimum Gasteiger partial charge on any atom is -0.496 e. The van der Waals surface area contributed by atoms with Crippen molar-refractivity contribution in [3.05, 3.63) is 58.2 Å². The number of piperidine rings is 1. The maximum Gasteiger partial charge on any atom is 0.265 e. The Morgan fingerprint density at radius 1 is 1.34 bits per heavy atom. The van der Waals surface area contributed by atoms with E-state index in [0.717, 1.165) is 29.9 Å². The fourth-order valence-corrected chi connectivity index (χ4v) is 4.92. The first-order chi connectivity index (χ1) is 15.4. The van der Waals surface area contributed by atoms with E-state index in [-0.39, 0.29) is 17.7 Å². The number of thiazole rings is 1. The maximum absolute atomic E-state index is 13.1. The van der Waals surface area contributed by atoms with Crippen molar-refractivity contribution in [3.8, 4) is 5.75 Å². The fourth-order valence-electron chi connectivity index (χ4n) is 3.94. The van der Waals surface area contributed by atoms with Crippen molar-refractivity contribution in [2.45, 2.75) is 39.0 Å². The summed E-state index contributed by atoms with van der Waals surface area (Å²) in [5.74, 6) is 2.02. The second-order valence-electron chi connectivity index (χ2n) is 7.86. The number of rotatable bonds is 6. The highest BCUT2D eigenvalue weighted by Crippen LogP contribution is 2.31. The van der Waals surface area contributed by atoms with Crippen molar-refractivity contribution in [1.29, 1.82) is 0 Å². The Balaban J connectivity index is 1.45. The third-order valence-corrected chi connectivity index (χ3v) is 6.52. The van der Waals surface area contributed by atoms with E-state index in [9.17, 15) is 9.59 Å². The Morgan fingerprint density at radius 2 is 2.16 bits per heavy atom. The van der Waals surface area contributed by atoms with Crippen molar-refractivity contribution in [1.82, 2.24) is 14.9 Å². The smallest absolute Gasteiger partial charge is 0.265 e. The summed E-state index contributed by atoms with van der Waals surface area (Å²) >= 11 is 1.21. The molecule has 1 aliphatic rings. The summed E-state index contributed by atoms with van der Waals surface area (Å²) in [6.07, 6.45) is 4.14. The van der Waals surface area contributed by atoms with Crippen molar-refractivity contribution in [3.63, 3.8) is 0 Å². The summed E-state index contributed by atoms with van der Waals surface area (Å²) in [4.78, 5) is 35.6. The van der Waals surface area contributed by atoms with Crippen LogP contribution in [-0.4, -0.2) is 46.9 Å². The molecule has 3 heterocycles. The van der Waals surface area contributed by atoms with Gasteiger partial charge >= 0.3 is 0 Å². The Labute approximate surface area is 190 Å². The monoisotopic (exact) mass is 454 g/mol. The molecule has 168 valence electrons. The number of likely N-dealkylation sites (tertiary alicyclic amines) is 1. The molecule has 0 aliphatic carbocycles. The van der Waals surface area contributed by atoms with Crippen LogP contribution in [0, 0.1) is 6.92 Å². The zero-order chi connectivity index (χ0) is 22.7. The van der Waals surface area contributed by atoms with Gasteiger partial charge in [0.05, 0.1) is 24.9 Å². The normalized spacial score (nSPS) is 16.1. The van der Waals surface area contributed by atoms with E-state index in [1.165, 1.54) is 18.3 Å². The van der Waals surface area contributed by atoms with Gasteiger partial charge in [-0.1, -0.05) is 29.5 Å². The number of carbonyl (C=O) groups is 2. The van der Waals surface area contributed by atoms with E-state index in [1.807, 2.05) is 29.2 Å². The van der Waals surface area contributed by atoms with Gasteiger partial charge in [-0.25, -0.2) is 9.97 Å². The van der Waals surface area contributed by atoms with Gasteiger partial charge in [-0.15, -0.1) is 0 Å². The number of amides is 2. The lowest BCUT2D eigenvalue weighted by molar-refractivity contribution is -0.114. The molecule has 1 atom stereocenters. The highest BCUT2D eigenvalue weighted by molar-refractivity contribution is 7.17. The molecule has 0 radical (unpaired) electrons.